The number of aromatic nitrogens is 3. The van der Waals surface area contributed by atoms with Crippen LogP contribution >= 0.6 is 0 Å². The summed E-state index contributed by atoms with van der Waals surface area (Å²) >= 11 is 0. The molecule has 2 aliphatic carbocycles. The lowest BCUT2D eigenvalue weighted by Gasteiger charge is -2.06. The van der Waals surface area contributed by atoms with Crippen molar-refractivity contribution in [3.8, 4) is 0 Å². The van der Waals surface area contributed by atoms with Crippen LogP contribution in [0.3, 0.4) is 0 Å². The molecule has 0 atom stereocenters. The van der Waals surface area contributed by atoms with Crippen LogP contribution in [0.15, 0.2) is 0 Å². The standard InChI is InChI=1S/C10H16N4/c11-6-10-13-12-9(5-7-1-2-7)14(10)8-3-4-8/h7-8H,1-6,11H2. The topological polar surface area (TPSA) is 56.7 Å². The molecule has 1 aromatic rings. The van der Waals surface area contributed by atoms with Crippen molar-refractivity contribution >= 4 is 0 Å². The highest BCUT2D eigenvalue weighted by atomic mass is 15.3. The molecule has 0 spiro atoms. The van der Waals surface area contributed by atoms with Gasteiger partial charge in [-0.3, -0.25) is 0 Å². The molecule has 0 saturated heterocycles. The second-order valence-electron chi connectivity index (χ2n) is 4.49. The SMILES string of the molecule is NCc1nnc(CC2CC2)n1C1CC1. The summed E-state index contributed by atoms with van der Waals surface area (Å²) in [5.41, 5.74) is 5.65. The van der Waals surface area contributed by atoms with Gasteiger partial charge in [-0.2, -0.15) is 0 Å². The summed E-state index contributed by atoms with van der Waals surface area (Å²) in [5, 5.41) is 8.43. The molecule has 0 unspecified atom stereocenters. The fourth-order valence-electron chi connectivity index (χ4n) is 1.97. The summed E-state index contributed by atoms with van der Waals surface area (Å²) in [6.45, 7) is 0.522. The van der Waals surface area contributed by atoms with E-state index in [0.29, 0.717) is 12.6 Å². The number of hydrogen-bond acceptors (Lipinski definition) is 3. The molecule has 1 heterocycles. The van der Waals surface area contributed by atoms with Crippen molar-refractivity contribution in [1.82, 2.24) is 14.8 Å². The van der Waals surface area contributed by atoms with Crippen molar-refractivity contribution in [3.05, 3.63) is 11.6 Å². The van der Waals surface area contributed by atoms with E-state index in [-0.39, 0.29) is 0 Å². The monoisotopic (exact) mass is 192 g/mol. The molecule has 3 rings (SSSR count). The molecule has 2 saturated carbocycles. The summed E-state index contributed by atoms with van der Waals surface area (Å²) in [6.07, 6.45) is 6.42. The second kappa shape index (κ2) is 3.05. The first-order chi connectivity index (χ1) is 6.88. The Bertz CT molecular complexity index is 336. The van der Waals surface area contributed by atoms with E-state index in [1.165, 1.54) is 31.5 Å². The highest BCUT2D eigenvalue weighted by Gasteiger charge is 2.31. The highest BCUT2D eigenvalue weighted by molar-refractivity contribution is 5.04. The Morgan fingerprint density at radius 3 is 2.43 bits per heavy atom. The van der Waals surface area contributed by atoms with Crippen molar-refractivity contribution in [2.24, 2.45) is 11.7 Å². The molecule has 0 aliphatic heterocycles. The van der Waals surface area contributed by atoms with Gasteiger partial charge in [-0.15, -0.1) is 10.2 Å². The molecule has 1 aromatic heterocycles. The lowest BCUT2D eigenvalue weighted by Crippen LogP contribution is -2.10. The average Bonchev–Trinajstić information content (AvgIpc) is 3.07. The molecule has 2 aliphatic rings. The van der Waals surface area contributed by atoms with Gasteiger partial charge in [0.1, 0.15) is 11.6 Å². The van der Waals surface area contributed by atoms with Crippen LogP contribution in [0.5, 0.6) is 0 Å². The number of hydrogen-bond donors (Lipinski definition) is 1. The number of rotatable bonds is 4. The smallest absolute Gasteiger partial charge is 0.147 e. The van der Waals surface area contributed by atoms with E-state index in [9.17, 15) is 0 Å². The molecular weight excluding hydrogens is 176 g/mol. The summed E-state index contributed by atoms with van der Waals surface area (Å²) in [4.78, 5) is 0. The lowest BCUT2D eigenvalue weighted by atomic mass is 10.3. The third kappa shape index (κ3) is 1.43. The lowest BCUT2D eigenvalue weighted by molar-refractivity contribution is 0.623. The third-order valence-corrected chi connectivity index (χ3v) is 3.10. The van der Waals surface area contributed by atoms with Gasteiger partial charge < -0.3 is 10.3 Å². The Labute approximate surface area is 83.5 Å². The zero-order chi connectivity index (χ0) is 9.54. The van der Waals surface area contributed by atoms with Crippen molar-refractivity contribution in [3.63, 3.8) is 0 Å². The van der Waals surface area contributed by atoms with Gasteiger partial charge in [0.25, 0.3) is 0 Å². The molecule has 4 nitrogen and oxygen atoms in total. The van der Waals surface area contributed by atoms with Gasteiger partial charge in [-0.25, -0.2) is 0 Å². The van der Waals surface area contributed by atoms with E-state index in [4.69, 9.17) is 5.73 Å². The van der Waals surface area contributed by atoms with E-state index in [2.05, 4.69) is 14.8 Å². The zero-order valence-corrected chi connectivity index (χ0v) is 8.32. The Hall–Kier alpha value is -0.900. The van der Waals surface area contributed by atoms with Gasteiger partial charge >= 0.3 is 0 Å². The van der Waals surface area contributed by atoms with E-state index in [1.54, 1.807) is 0 Å². The van der Waals surface area contributed by atoms with Gasteiger partial charge in [-0.1, -0.05) is 0 Å². The fourth-order valence-corrected chi connectivity index (χ4v) is 1.97. The molecular formula is C10H16N4. The van der Waals surface area contributed by atoms with Crippen molar-refractivity contribution in [2.75, 3.05) is 0 Å². The number of nitrogens with zero attached hydrogens (tertiary/aromatic N) is 3. The fraction of sp³-hybridized carbons (Fsp3) is 0.800. The molecule has 14 heavy (non-hydrogen) atoms. The Morgan fingerprint density at radius 2 is 1.86 bits per heavy atom. The van der Waals surface area contributed by atoms with Gasteiger partial charge in [-0.05, 0) is 31.6 Å². The summed E-state index contributed by atoms with van der Waals surface area (Å²) in [5.74, 6) is 3.03. The summed E-state index contributed by atoms with van der Waals surface area (Å²) in [7, 11) is 0. The number of nitrogens with two attached hydrogens (primary N) is 1. The third-order valence-electron chi connectivity index (χ3n) is 3.10. The largest absolute Gasteiger partial charge is 0.324 e. The predicted molar refractivity (Wildman–Crippen MR) is 52.6 cm³/mol. The van der Waals surface area contributed by atoms with Crippen molar-refractivity contribution in [2.45, 2.75) is 44.7 Å². The first-order valence-electron chi connectivity index (χ1n) is 5.51. The van der Waals surface area contributed by atoms with Crippen molar-refractivity contribution in [1.29, 1.82) is 0 Å². The van der Waals surface area contributed by atoms with Crippen LogP contribution in [-0.2, 0) is 13.0 Å². The van der Waals surface area contributed by atoms with E-state index in [0.717, 1.165) is 18.2 Å². The first-order valence-corrected chi connectivity index (χ1v) is 5.51. The minimum Gasteiger partial charge on any atom is -0.324 e. The van der Waals surface area contributed by atoms with Crippen LogP contribution in [0.4, 0.5) is 0 Å². The van der Waals surface area contributed by atoms with Gasteiger partial charge in [0.05, 0.1) is 6.54 Å². The molecule has 0 aromatic carbocycles. The Balaban J connectivity index is 1.88. The normalized spacial score (nSPS) is 21.5. The van der Waals surface area contributed by atoms with Crippen LogP contribution in [0.25, 0.3) is 0 Å². The average molecular weight is 192 g/mol. The van der Waals surface area contributed by atoms with E-state index in [1.807, 2.05) is 0 Å². The Morgan fingerprint density at radius 1 is 1.14 bits per heavy atom. The highest BCUT2D eigenvalue weighted by Crippen LogP contribution is 2.39. The first kappa shape index (κ1) is 8.41. The maximum Gasteiger partial charge on any atom is 0.147 e. The molecule has 2 fully saturated rings. The van der Waals surface area contributed by atoms with Crippen LogP contribution in [0, 0.1) is 5.92 Å². The molecule has 2 N–H and O–H groups in total. The Kier molecular flexibility index (Phi) is 1.83. The maximum atomic E-state index is 5.65. The maximum absolute atomic E-state index is 5.65. The molecule has 0 bridgehead atoms. The summed E-state index contributed by atoms with van der Waals surface area (Å²) in [6, 6.07) is 0.664. The predicted octanol–water partition coefficient (Wildman–Crippen LogP) is 1.02. The molecule has 0 radical (unpaired) electrons. The quantitative estimate of drug-likeness (QED) is 0.775. The molecule has 76 valence electrons. The minimum absolute atomic E-state index is 0.522. The van der Waals surface area contributed by atoms with E-state index >= 15 is 0 Å². The van der Waals surface area contributed by atoms with Gasteiger partial charge in [0.15, 0.2) is 0 Å². The van der Waals surface area contributed by atoms with Crippen molar-refractivity contribution < 1.29 is 0 Å². The van der Waals surface area contributed by atoms with Crippen LogP contribution in [0.1, 0.15) is 43.4 Å². The van der Waals surface area contributed by atoms with Crippen LogP contribution in [-0.4, -0.2) is 14.8 Å². The van der Waals surface area contributed by atoms with Gasteiger partial charge in [0.2, 0.25) is 0 Å². The van der Waals surface area contributed by atoms with Crippen LogP contribution in [0.2, 0.25) is 0 Å². The molecule has 4 heteroatoms. The van der Waals surface area contributed by atoms with E-state index < -0.39 is 0 Å². The van der Waals surface area contributed by atoms with Crippen LogP contribution < -0.4 is 5.73 Å². The second-order valence-corrected chi connectivity index (χ2v) is 4.49. The summed E-state index contributed by atoms with van der Waals surface area (Å²) < 4.78 is 2.29. The minimum atomic E-state index is 0.522. The zero-order valence-electron chi connectivity index (χ0n) is 8.32. The molecule has 0 amide bonds. The van der Waals surface area contributed by atoms with Gasteiger partial charge in [0, 0.05) is 12.5 Å².